The summed E-state index contributed by atoms with van der Waals surface area (Å²) in [6, 6.07) is 12.7. The number of amides is 2. The molecule has 0 heterocycles. The minimum absolute atomic E-state index is 0.00152. The number of hydrogen-bond acceptors (Lipinski definition) is 6. The standard InChI is InChI=1S/C34H47N3O6S/c1-6-7-8-9-10-11-12-13-14-15-23-37(25(2)38)31-18-16-17-28-27(31)20-21-29(33(28)39)34(40)35-30-24-26(19-22-32(30)43-5)44(41,42)36(3)4/h16-22,24,39H,6-15,23H2,1-5H3,(H,35,40). The zero-order chi connectivity index (χ0) is 32.3. The predicted molar refractivity (Wildman–Crippen MR) is 177 cm³/mol. The molecule has 0 aliphatic heterocycles. The van der Waals surface area contributed by atoms with Gasteiger partial charge >= 0.3 is 0 Å². The van der Waals surface area contributed by atoms with Crippen molar-refractivity contribution in [2.75, 3.05) is 38.0 Å². The highest BCUT2D eigenvalue weighted by molar-refractivity contribution is 7.89. The molecule has 0 radical (unpaired) electrons. The summed E-state index contributed by atoms with van der Waals surface area (Å²) >= 11 is 0. The smallest absolute Gasteiger partial charge is 0.259 e. The van der Waals surface area contributed by atoms with Crippen LogP contribution in [-0.4, -0.2) is 57.4 Å². The van der Waals surface area contributed by atoms with Crippen LogP contribution in [0.4, 0.5) is 11.4 Å². The van der Waals surface area contributed by atoms with E-state index in [-0.39, 0.29) is 33.6 Å². The van der Waals surface area contributed by atoms with E-state index in [1.165, 1.54) is 97.3 Å². The molecule has 3 aromatic rings. The minimum Gasteiger partial charge on any atom is -0.506 e. The number of nitrogens with zero attached hydrogens (tertiary/aromatic N) is 2. The summed E-state index contributed by atoms with van der Waals surface area (Å²) < 4.78 is 31.7. The van der Waals surface area contributed by atoms with E-state index in [0.717, 1.165) is 23.6 Å². The van der Waals surface area contributed by atoms with Gasteiger partial charge in [0.05, 0.1) is 28.9 Å². The summed E-state index contributed by atoms with van der Waals surface area (Å²) in [5, 5.41) is 15.0. The van der Waals surface area contributed by atoms with Crippen molar-refractivity contribution in [1.82, 2.24) is 4.31 Å². The lowest BCUT2D eigenvalue weighted by molar-refractivity contribution is -0.116. The van der Waals surface area contributed by atoms with Crippen molar-refractivity contribution in [2.45, 2.75) is 83.0 Å². The van der Waals surface area contributed by atoms with Crippen molar-refractivity contribution < 1.29 is 27.9 Å². The Morgan fingerprint density at radius 2 is 1.50 bits per heavy atom. The number of hydrogen-bond donors (Lipinski definition) is 2. The van der Waals surface area contributed by atoms with E-state index >= 15 is 0 Å². The summed E-state index contributed by atoms with van der Waals surface area (Å²) in [5.74, 6) is -0.696. The molecule has 0 unspecified atom stereocenters. The fourth-order valence-electron chi connectivity index (χ4n) is 5.29. The molecule has 0 atom stereocenters. The molecule has 0 aromatic heterocycles. The number of anilines is 2. The molecule has 2 amide bonds. The van der Waals surface area contributed by atoms with Gasteiger partial charge in [-0.1, -0.05) is 82.9 Å². The van der Waals surface area contributed by atoms with Gasteiger partial charge in [-0.3, -0.25) is 9.59 Å². The number of sulfonamides is 1. The maximum absolute atomic E-state index is 13.3. The Labute approximate surface area is 262 Å². The predicted octanol–water partition coefficient (Wildman–Crippen LogP) is 7.33. The van der Waals surface area contributed by atoms with Crippen LogP contribution < -0.4 is 15.0 Å². The third-order valence-electron chi connectivity index (χ3n) is 7.86. The summed E-state index contributed by atoms with van der Waals surface area (Å²) in [6.07, 6.45) is 12.0. The molecular formula is C34H47N3O6S. The molecule has 0 fully saturated rings. The zero-order valence-electron chi connectivity index (χ0n) is 26.7. The SMILES string of the molecule is CCCCCCCCCCCCN(C(C)=O)c1cccc2c(O)c(C(=O)Nc3cc(S(=O)(=O)N(C)C)ccc3OC)ccc12. The van der Waals surface area contributed by atoms with Crippen LogP contribution in [0.25, 0.3) is 10.8 Å². The lowest BCUT2D eigenvalue weighted by Crippen LogP contribution is -2.29. The van der Waals surface area contributed by atoms with Crippen LogP contribution in [-0.2, 0) is 14.8 Å². The number of carbonyl (C=O) groups excluding carboxylic acids is 2. The van der Waals surface area contributed by atoms with Crippen molar-refractivity contribution in [2.24, 2.45) is 0 Å². The van der Waals surface area contributed by atoms with Gasteiger partial charge in [0, 0.05) is 38.3 Å². The number of methoxy groups -OCH3 is 1. The number of unbranched alkanes of at least 4 members (excludes halogenated alkanes) is 9. The highest BCUT2D eigenvalue weighted by Gasteiger charge is 2.22. The average molecular weight is 626 g/mol. The van der Waals surface area contributed by atoms with Crippen LogP contribution in [0.3, 0.4) is 0 Å². The third kappa shape index (κ3) is 8.72. The largest absolute Gasteiger partial charge is 0.506 e. The Bertz CT molecular complexity index is 1540. The van der Waals surface area contributed by atoms with E-state index in [2.05, 4.69) is 12.2 Å². The molecule has 9 nitrogen and oxygen atoms in total. The average Bonchev–Trinajstić information content (AvgIpc) is 2.99. The van der Waals surface area contributed by atoms with Gasteiger partial charge in [0.15, 0.2) is 0 Å². The van der Waals surface area contributed by atoms with Gasteiger partial charge < -0.3 is 20.1 Å². The molecule has 2 N–H and O–H groups in total. The summed E-state index contributed by atoms with van der Waals surface area (Å²) in [7, 11) is 0.500. The molecule has 44 heavy (non-hydrogen) atoms. The summed E-state index contributed by atoms with van der Waals surface area (Å²) in [4.78, 5) is 27.7. The van der Waals surface area contributed by atoms with E-state index < -0.39 is 15.9 Å². The second kappa shape index (κ2) is 16.4. The van der Waals surface area contributed by atoms with Crippen LogP contribution in [0.5, 0.6) is 11.5 Å². The van der Waals surface area contributed by atoms with Crippen molar-refractivity contribution >= 4 is 44.0 Å². The normalized spacial score (nSPS) is 11.6. The number of phenols is 1. The first-order chi connectivity index (χ1) is 21.0. The number of ether oxygens (including phenoxy) is 1. The molecule has 0 saturated heterocycles. The number of carbonyl (C=O) groups is 2. The third-order valence-corrected chi connectivity index (χ3v) is 9.67. The summed E-state index contributed by atoms with van der Waals surface area (Å²) in [6.45, 7) is 4.33. The van der Waals surface area contributed by atoms with Crippen molar-refractivity contribution in [3.63, 3.8) is 0 Å². The van der Waals surface area contributed by atoms with Gasteiger partial charge in [0.25, 0.3) is 5.91 Å². The van der Waals surface area contributed by atoms with Crippen LogP contribution >= 0.6 is 0 Å². The number of benzene rings is 3. The van der Waals surface area contributed by atoms with E-state index in [0.29, 0.717) is 23.0 Å². The Morgan fingerprint density at radius 3 is 2.09 bits per heavy atom. The van der Waals surface area contributed by atoms with E-state index in [1.54, 1.807) is 23.1 Å². The molecule has 0 aliphatic rings. The number of phenolic OH excluding ortho intramolecular Hbond substituents is 1. The maximum Gasteiger partial charge on any atom is 0.259 e. The van der Waals surface area contributed by atoms with Gasteiger partial charge in [-0.05, 0) is 36.8 Å². The Hall–Kier alpha value is -3.63. The zero-order valence-corrected chi connectivity index (χ0v) is 27.5. The monoisotopic (exact) mass is 625 g/mol. The topological polar surface area (TPSA) is 116 Å². The Morgan fingerprint density at radius 1 is 0.864 bits per heavy atom. The fraction of sp³-hybridized carbons (Fsp3) is 0.471. The molecule has 0 spiro atoms. The first kappa shape index (κ1) is 34.9. The quantitative estimate of drug-likeness (QED) is 0.152. The number of fused-ring (bicyclic) bond motifs is 1. The molecule has 0 bridgehead atoms. The fourth-order valence-corrected chi connectivity index (χ4v) is 6.22. The highest BCUT2D eigenvalue weighted by atomic mass is 32.2. The van der Waals surface area contributed by atoms with Crippen molar-refractivity contribution in [1.29, 1.82) is 0 Å². The number of aromatic hydroxyl groups is 1. The van der Waals surface area contributed by atoms with Crippen LogP contribution in [0.1, 0.15) is 88.4 Å². The Balaban J connectivity index is 1.76. The molecule has 3 aromatic carbocycles. The second-order valence-corrected chi connectivity index (χ2v) is 13.4. The van der Waals surface area contributed by atoms with E-state index in [4.69, 9.17) is 4.74 Å². The minimum atomic E-state index is -3.75. The molecule has 0 aliphatic carbocycles. The van der Waals surface area contributed by atoms with Crippen LogP contribution in [0, 0.1) is 0 Å². The van der Waals surface area contributed by atoms with Gasteiger partial charge in [0.1, 0.15) is 11.5 Å². The van der Waals surface area contributed by atoms with Gasteiger partial charge in [-0.15, -0.1) is 0 Å². The first-order valence-electron chi connectivity index (χ1n) is 15.5. The first-order valence-corrected chi connectivity index (χ1v) is 16.9. The molecular weight excluding hydrogens is 578 g/mol. The number of nitrogens with one attached hydrogen (secondary N) is 1. The van der Waals surface area contributed by atoms with Crippen molar-refractivity contribution in [3.05, 3.63) is 54.1 Å². The molecule has 3 rings (SSSR count). The second-order valence-electron chi connectivity index (χ2n) is 11.3. The Kier molecular flexibility index (Phi) is 13.0. The van der Waals surface area contributed by atoms with E-state index in [1.807, 2.05) is 6.07 Å². The number of rotatable bonds is 17. The maximum atomic E-state index is 13.3. The van der Waals surface area contributed by atoms with Gasteiger partial charge in [0.2, 0.25) is 15.9 Å². The van der Waals surface area contributed by atoms with Gasteiger partial charge in [-0.2, -0.15) is 0 Å². The molecule has 10 heteroatoms. The van der Waals surface area contributed by atoms with Gasteiger partial charge in [-0.25, -0.2) is 12.7 Å². The van der Waals surface area contributed by atoms with Crippen LogP contribution in [0.2, 0.25) is 0 Å². The van der Waals surface area contributed by atoms with Crippen LogP contribution in [0.15, 0.2) is 53.4 Å². The molecule has 240 valence electrons. The highest BCUT2D eigenvalue weighted by Crippen LogP contribution is 2.36. The lowest BCUT2D eigenvalue weighted by atomic mass is 10.0. The van der Waals surface area contributed by atoms with Crippen molar-refractivity contribution in [3.8, 4) is 11.5 Å². The molecule has 0 saturated carbocycles. The summed E-state index contributed by atoms with van der Waals surface area (Å²) in [5.41, 5.74) is 0.825. The lowest BCUT2D eigenvalue weighted by Gasteiger charge is -2.23. The van der Waals surface area contributed by atoms with E-state index in [9.17, 15) is 23.1 Å².